The van der Waals surface area contributed by atoms with E-state index in [9.17, 15) is 10.2 Å². The predicted molar refractivity (Wildman–Crippen MR) is 64.0 cm³/mol. The molecule has 0 amide bonds. The molecule has 0 spiro atoms. The fourth-order valence-corrected chi connectivity index (χ4v) is 2.02. The average molecular weight is 274 g/mol. The lowest BCUT2D eigenvalue weighted by molar-refractivity contribution is 0.0257. The molecule has 0 bridgehead atoms. The van der Waals surface area contributed by atoms with Gasteiger partial charge in [-0.25, -0.2) is 0 Å². The van der Waals surface area contributed by atoms with Gasteiger partial charge in [0.05, 0.1) is 0 Å². The van der Waals surface area contributed by atoms with Crippen LogP contribution >= 0.6 is 0 Å². The molecule has 102 valence electrons. The smallest absolute Gasteiger partial charge is 0.336 e. The van der Waals surface area contributed by atoms with Gasteiger partial charge in [0.25, 0.3) is 0 Å². The summed E-state index contributed by atoms with van der Waals surface area (Å²) in [4.78, 5) is 18.0. The normalized spacial score (nSPS) is 21.5. The Kier molecular flexibility index (Phi) is 2.31. The van der Waals surface area contributed by atoms with Gasteiger partial charge in [0, 0.05) is 11.1 Å². The number of rotatable bonds is 3. The Morgan fingerprint density at radius 1 is 0.550 bits per heavy atom. The predicted octanol–water partition coefficient (Wildman–Crippen LogP) is 1.48. The first-order valence-electron chi connectivity index (χ1n) is 5.99. The lowest BCUT2D eigenvalue weighted by atomic mass is 10.0. The molecule has 6 heteroatoms. The third kappa shape index (κ3) is 1.92. The second-order valence-corrected chi connectivity index (χ2v) is 4.65. The van der Waals surface area contributed by atoms with E-state index in [1.807, 2.05) is 24.3 Å². The van der Waals surface area contributed by atoms with E-state index >= 15 is 0 Å². The van der Waals surface area contributed by atoms with E-state index in [0.29, 0.717) is 11.1 Å². The van der Waals surface area contributed by atoms with Gasteiger partial charge in [0.1, 0.15) is 0 Å². The summed E-state index contributed by atoms with van der Waals surface area (Å²) >= 11 is 0. The van der Waals surface area contributed by atoms with Crippen molar-refractivity contribution in [3.63, 3.8) is 0 Å². The summed E-state index contributed by atoms with van der Waals surface area (Å²) in [5.41, 5.74) is 2.97. The van der Waals surface area contributed by atoms with Gasteiger partial charge in [0.2, 0.25) is 0 Å². The molecule has 2 saturated heterocycles. The third-order valence-electron chi connectivity index (χ3n) is 3.32. The highest BCUT2D eigenvalue weighted by atomic mass is 17.4. The molecule has 2 fully saturated rings. The first-order valence-corrected chi connectivity index (χ1v) is 5.99. The molecule has 2 aliphatic rings. The molecule has 2 aromatic carbocycles. The van der Waals surface area contributed by atoms with Crippen molar-refractivity contribution in [1.29, 1.82) is 0 Å². The van der Waals surface area contributed by atoms with Gasteiger partial charge in [-0.3, -0.25) is 0 Å². The van der Waals surface area contributed by atoms with E-state index in [1.165, 1.54) is 0 Å². The highest BCUT2D eigenvalue weighted by Gasteiger charge is 2.50. The van der Waals surface area contributed by atoms with Crippen molar-refractivity contribution in [3.8, 4) is 11.1 Å². The molecule has 6 nitrogen and oxygen atoms in total. The van der Waals surface area contributed by atoms with E-state index in [1.54, 1.807) is 24.3 Å². The van der Waals surface area contributed by atoms with Crippen molar-refractivity contribution >= 4 is 0 Å². The number of benzene rings is 2. The highest BCUT2D eigenvalue weighted by molar-refractivity contribution is 5.64. The third-order valence-corrected chi connectivity index (χ3v) is 3.32. The average Bonchev–Trinajstić information content (AvgIpc) is 3.40. The van der Waals surface area contributed by atoms with Crippen LogP contribution in [-0.2, 0) is 31.5 Å². The van der Waals surface area contributed by atoms with Crippen LogP contribution < -0.4 is 0 Å². The van der Waals surface area contributed by atoms with E-state index in [-0.39, 0.29) is 0 Å². The van der Waals surface area contributed by atoms with Crippen LogP contribution in [0.15, 0.2) is 48.5 Å². The van der Waals surface area contributed by atoms with E-state index in [2.05, 4.69) is 19.6 Å². The summed E-state index contributed by atoms with van der Waals surface area (Å²) in [6, 6.07) is 14.2. The van der Waals surface area contributed by atoms with Crippen molar-refractivity contribution in [2.24, 2.45) is 0 Å². The van der Waals surface area contributed by atoms with Crippen molar-refractivity contribution < 1.29 is 29.8 Å². The molecule has 0 unspecified atom stereocenters. The maximum atomic E-state index is 9.59. The summed E-state index contributed by atoms with van der Waals surface area (Å²) in [7, 11) is 0. The molecule has 2 aromatic rings. The maximum Gasteiger partial charge on any atom is 0.365 e. The molecule has 2 N–H and O–H groups in total. The maximum absolute atomic E-state index is 9.59. The Bertz CT molecular complexity index is 581. The van der Waals surface area contributed by atoms with Crippen LogP contribution in [0.5, 0.6) is 0 Å². The molecule has 2 heterocycles. The molecule has 2 aliphatic heterocycles. The van der Waals surface area contributed by atoms with Gasteiger partial charge in [-0.2, -0.15) is 19.6 Å². The van der Waals surface area contributed by atoms with Crippen LogP contribution in [-0.4, -0.2) is 10.2 Å². The Hall–Kier alpha value is -1.80. The van der Waals surface area contributed by atoms with Crippen molar-refractivity contribution in [1.82, 2.24) is 0 Å². The van der Waals surface area contributed by atoms with Gasteiger partial charge in [0.15, 0.2) is 0 Å². The molecule has 0 atom stereocenters. The minimum atomic E-state index is -1.59. The zero-order chi connectivity index (χ0) is 13.8. The lowest BCUT2D eigenvalue weighted by Crippen LogP contribution is -2.05. The minimum Gasteiger partial charge on any atom is -0.336 e. The van der Waals surface area contributed by atoms with E-state index in [4.69, 9.17) is 0 Å². The standard InChI is InChI=1S/C14H10O6/c15-13(17-18-13)11-5-1-9(2-6-11)10-3-7-12(8-4-10)14(16)19-20-14/h1-8,15-16H. The van der Waals surface area contributed by atoms with Gasteiger partial charge in [-0.05, 0) is 11.1 Å². The van der Waals surface area contributed by atoms with Crippen molar-refractivity contribution in [3.05, 3.63) is 59.7 Å². The van der Waals surface area contributed by atoms with Crippen LogP contribution in [0.2, 0.25) is 0 Å². The van der Waals surface area contributed by atoms with Crippen LogP contribution in [0, 0.1) is 0 Å². The van der Waals surface area contributed by atoms with Crippen LogP contribution in [0.3, 0.4) is 0 Å². The fourth-order valence-electron chi connectivity index (χ4n) is 2.02. The van der Waals surface area contributed by atoms with E-state index in [0.717, 1.165) is 11.1 Å². The second kappa shape index (κ2) is 3.86. The Balaban J connectivity index is 1.60. The molecule has 20 heavy (non-hydrogen) atoms. The molecule has 4 rings (SSSR count). The van der Waals surface area contributed by atoms with Crippen LogP contribution in [0.25, 0.3) is 11.1 Å². The summed E-state index contributed by atoms with van der Waals surface area (Å²) in [6.07, 6.45) is 0. The van der Waals surface area contributed by atoms with Crippen molar-refractivity contribution in [2.75, 3.05) is 0 Å². The van der Waals surface area contributed by atoms with Crippen LogP contribution in [0.4, 0.5) is 0 Å². The SMILES string of the molecule is OC1(c2ccc(-c3ccc(C4(O)OO4)cc3)cc2)OO1. The topological polar surface area (TPSA) is 90.6 Å². The van der Waals surface area contributed by atoms with Gasteiger partial charge < -0.3 is 10.2 Å². The zero-order valence-corrected chi connectivity index (χ0v) is 10.1. The lowest BCUT2D eigenvalue weighted by Gasteiger charge is -2.06. The molecule has 0 aromatic heterocycles. The highest BCUT2D eigenvalue weighted by Crippen LogP contribution is 2.39. The Morgan fingerprint density at radius 2 is 0.850 bits per heavy atom. The summed E-state index contributed by atoms with van der Waals surface area (Å²) < 4.78 is 0. The molecule has 0 radical (unpaired) electrons. The quantitative estimate of drug-likeness (QED) is 0.650. The second-order valence-electron chi connectivity index (χ2n) is 4.65. The largest absolute Gasteiger partial charge is 0.365 e. The van der Waals surface area contributed by atoms with Gasteiger partial charge >= 0.3 is 11.9 Å². The molecule has 0 saturated carbocycles. The summed E-state index contributed by atoms with van der Waals surface area (Å²) in [5.74, 6) is -3.18. The van der Waals surface area contributed by atoms with Crippen molar-refractivity contribution in [2.45, 2.75) is 11.9 Å². The zero-order valence-electron chi connectivity index (χ0n) is 10.1. The molecular formula is C14H10O6. The van der Waals surface area contributed by atoms with E-state index < -0.39 is 11.9 Å². The Morgan fingerprint density at radius 3 is 1.10 bits per heavy atom. The number of hydrogen-bond donors (Lipinski definition) is 2. The van der Waals surface area contributed by atoms with Crippen LogP contribution in [0.1, 0.15) is 11.1 Å². The van der Waals surface area contributed by atoms with Gasteiger partial charge in [-0.1, -0.05) is 48.5 Å². The molecule has 0 aliphatic carbocycles. The van der Waals surface area contributed by atoms with Gasteiger partial charge in [-0.15, -0.1) is 0 Å². The molecular weight excluding hydrogens is 264 g/mol. The number of aliphatic hydroxyl groups is 2. The first kappa shape index (κ1) is 12.0. The summed E-state index contributed by atoms with van der Waals surface area (Å²) in [5, 5.41) is 19.2. The Labute approximate surface area is 113 Å². The minimum absolute atomic E-state index is 0.534. The fraction of sp³-hybridized carbons (Fsp3) is 0.143. The monoisotopic (exact) mass is 274 g/mol. The summed E-state index contributed by atoms with van der Waals surface area (Å²) in [6.45, 7) is 0. The first-order chi connectivity index (χ1) is 9.59. The number of hydrogen-bond acceptors (Lipinski definition) is 6.